The average Bonchev–Trinajstić information content (AvgIpc) is 3.15. The quantitative estimate of drug-likeness (QED) is 0.370. The number of rotatable bonds is 6. The first-order chi connectivity index (χ1) is 13.1. The number of benzene rings is 2. The van der Waals surface area contributed by atoms with Crippen LogP contribution >= 0.6 is 0 Å². The molecule has 0 aliphatic carbocycles. The van der Waals surface area contributed by atoms with Gasteiger partial charge in [-0.1, -0.05) is 35.5 Å². The molecular weight excluding hydrogens is 355 g/mol. The molecule has 2 aromatic carbocycles. The van der Waals surface area contributed by atoms with Gasteiger partial charge >= 0.3 is 12.0 Å². The molecule has 0 N–H and O–H groups in total. The van der Waals surface area contributed by atoms with E-state index in [0.29, 0.717) is 5.56 Å². The number of hydrogen-bond acceptors (Lipinski definition) is 7. The fraction of sp³-hybridized carbons (Fsp3) is 0.105. The summed E-state index contributed by atoms with van der Waals surface area (Å²) < 4.78 is 34.2. The van der Waals surface area contributed by atoms with E-state index in [9.17, 15) is 9.18 Å². The standard InChI is InChI=1S/C19H15FN2O5/c1-24-11-14(18(23)25-2)12-7-4-6-10-16(12)26-19-21-17(22-27-19)13-8-3-5-9-15(13)20/h3-11H,1-2H3/b14-11+. The highest BCUT2D eigenvalue weighted by atomic mass is 19.1. The Morgan fingerprint density at radius 3 is 2.59 bits per heavy atom. The highest BCUT2D eigenvalue weighted by molar-refractivity contribution is 6.17. The van der Waals surface area contributed by atoms with Crippen molar-refractivity contribution in [2.75, 3.05) is 14.2 Å². The van der Waals surface area contributed by atoms with Crippen molar-refractivity contribution in [2.24, 2.45) is 0 Å². The molecule has 3 rings (SSSR count). The van der Waals surface area contributed by atoms with Gasteiger partial charge in [0.15, 0.2) is 0 Å². The Bertz CT molecular complexity index is 983. The number of methoxy groups -OCH3 is 2. The molecule has 1 aromatic heterocycles. The number of para-hydroxylation sites is 1. The molecule has 0 amide bonds. The molecule has 1 heterocycles. The number of halogens is 1. The van der Waals surface area contributed by atoms with E-state index in [1.54, 1.807) is 36.4 Å². The third-order valence-corrected chi connectivity index (χ3v) is 3.54. The van der Waals surface area contributed by atoms with Gasteiger partial charge in [0.05, 0.1) is 26.0 Å². The van der Waals surface area contributed by atoms with Crippen LogP contribution in [-0.2, 0) is 14.3 Å². The maximum absolute atomic E-state index is 13.9. The summed E-state index contributed by atoms with van der Waals surface area (Å²) in [5, 5.41) is 3.72. The first-order valence-corrected chi connectivity index (χ1v) is 7.81. The van der Waals surface area contributed by atoms with Crippen LogP contribution in [-0.4, -0.2) is 30.3 Å². The Balaban J connectivity index is 1.93. The monoisotopic (exact) mass is 370 g/mol. The summed E-state index contributed by atoms with van der Waals surface area (Å²) in [6, 6.07) is 12.7. The van der Waals surface area contributed by atoms with Gasteiger partial charge in [-0.3, -0.25) is 4.52 Å². The first-order valence-electron chi connectivity index (χ1n) is 7.81. The van der Waals surface area contributed by atoms with Crippen LogP contribution in [0.3, 0.4) is 0 Å². The highest BCUT2D eigenvalue weighted by Gasteiger charge is 2.20. The van der Waals surface area contributed by atoms with E-state index in [1.165, 1.54) is 32.6 Å². The fourth-order valence-corrected chi connectivity index (χ4v) is 2.32. The number of carbonyl (C=O) groups is 1. The Hall–Kier alpha value is -3.68. The molecule has 0 spiro atoms. The van der Waals surface area contributed by atoms with Crippen molar-refractivity contribution < 1.29 is 27.9 Å². The van der Waals surface area contributed by atoms with Crippen LogP contribution in [0.25, 0.3) is 17.0 Å². The van der Waals surface area contributed by atoms with Gasteiger partial charge < -0.3 is 14.2 Å². The summed E-state index contributed by atoms with van der Waals surface area (Å²) in [7, 11) is 2.67. The summed E-state index contributed by atoms with van der Waals surface area (Å²) in [4.78, 5) is 16.1. The number of carbonyl (C=O) groups excluding carboxylic acids is 1. The van der Waals surface area contributed by atoms with Crippen molar-refractivity contribution in [3.8, 4) is 23.2 Å². The number of hydrogen-bond donors (Lipinski definition) is 0. The van der Waals surface area contributed by atoms with Gasteiger partial charge in [0.25, 0.3) is 0 Å². The Morgan fingerprint density at radius 2 is 1.85 bits per heavy atom. The lowest BCUT2D eigenvalue weighted by molar-refractivity contribution is -0.133. The van der Waals surface area contributed by atoms with Gasteiger partial charge in [0, 0.05) is 5.56 Å². The average molecular weight is 370 g/mol. The van der Waals surface area contributed by atoms with Crippen LogP contribution < -0.4 is 4.74 Å². The van der Waals surface area contributed by atoms with E-state index in [-0.39, 0.29) is 28.8 Å². The van der Waals surface area contributed by atoms with Crippen LogP contribution in [0.1, 0.15) is 5.56 Å². The lowest BCUT2D eigenvalue weighted by Crippen LogP contribution is -2.05. The second-order valence-electron chi connectivity index (χ2n) is 5.22. The third kappa shape index (κ3) is 3.95. The highest BCUT2D eigenvalue weighted by Crippen LogP contribution is 2.31. The van der Waals surface area contributed by atoms with Gasteiger partial charge in [0.2, 0.25) is 5.82 Å². The summed E-state index contributed by atoms with van der Waals surface area (Å²) >= 11 is 0. The third-order valence-electron chi connectivity index (χ3n) is 3.54. The van der Waals surface area contributed by atoms with Crippen molar-refractivity contribution in [1.82, 2.24) is 10.1 Å². The molecule has 0 aliphatic rings. The molecule has 8 heteroatoms. The van der Waals surface area contributed by atoms with Crippen molar-refractivity contribution in [3.05, 3.63) is 66.2 Å². The zero-order chi connectivity index (χ0) is 19.2. The second kappa shape index (κ2) is 8.13. The molecule has 0 unspecified atom stereocenters. The molecule has 0 bridgehead atoms. The fourth-order valence-electron chi connectivity index (χ4n) is 2.32. The van der Waals surface area contributed by atoms with Gasteiger partial charge in [-0.05, 0) is 18.2 Å². The molecule has 3 aromatic rings. The molecular formula is C19H15FN2O5. The van der Waals surface area contributed by atoms with Crippen LogP contribution in [0, 0.1) is 5.82 Å². The minimum absolute atomic E-state index is 0.0428. The maximum atomic E-state index is 13.9. The van der Waals surface area contributed by atoms with Crippen molar-refractivity contribution >= 4 is 11.5 Å². The normalized spacial score (nSPS) is 11.1. The van der Waals surface area contributed by atoms with E-state index in [2.05, 4.69) is 10.1 Å². The topological polar surface area (TPSA) is 83.7 Å². The number of esters is 1. The minimum atomic E-state index is -0.606. The van der Waals surface area contributed by atoms with Crippen LogP contribution in [0.2, 0.25) is 0 Å². The Kier molecular flexibility index (Phi) is 5.46. The Morgan fingerprint density at radius 1 is 1.11 bits per heavy atom. The van der Waals surface area contributed by atoms with Gasteiger partial charge in [-0.2, -0.15) is 4.98 Å². The van der Waals surface area contributed by atoms with Gasteiger partial charge in [-0.15, -0.1) is 0 Å². The van der Waals surface area contributed by atoms with Crippen LogP contribution in [0.4, 0.5) is 4.39 Å². The van der Waals surface area contributed by atoms with E-state index >= 15 is 0 Å². The van der Waals surface area contributed by atoms with Crippen LogP contribution in [0.15, 0.2) is 59.3 Å². The smallest absolute Gasteiger partial charge is 0.423 e. The number of aromatic nitrogens is 2. The summed E-state index contributed by atoms with van der Waals surface area (Å²) in [5.41, 5.74) is 0.722. The summed E-state index contributed by atoms with van der Waals surface area (Å²) in [6.07, 6.45) is 1.04. The SMILES string of the molecule is CO/C=C(/C(=O)OC)c1ccccc1Oc1nc(-c2ccccc2F)no1. The lowest BCUT2D eigenvalue weighted by Gasteiger charge is -2.10. The second-order valence-corrected chi connectivity index (χ2v) is 5.22. The summed E-state index contributed by atoms with van der Waals surface area (Å²) in [5.74, 6) is -0.789. The van der Waals surface area contributed by atoms with E-state index in [1.807, 2.05) is 0 Å². The van der Waals surface area contributed by atoms with Crippen LogP contribution in [0.5, 0.6) is 11.8 Å². The van der Waals surface area contributed by atoms with Crippen molar-refractivity contribution in [1.29, 1.82) is 0 Å². The van der Waals surface area contributed by atoms with E-state index in [0.717, 1.165) is 0 Å². The molecule has 27 heavy (non-hydrogen) atoms. The summed E-state index contributed by atoms with van der Waals surface area (Å²) in [6.45, 7) is 0. The van der Waals surface area contributed by atoms with Gasteiger partial charge in [0.1, 0.15) is 17.1 Å². The molecule has 0 aliphatic heterocycles. The molecule has 0 atom stereocenters. The molecule has 138 valence electrons. The predicted molar refractivity (Wildman–Crippen MR) is 93.2 cm³/mol. The predicted octanol–water partition coefficient (Wildman–Crippen LogP) is 3.83. The molecule has 0 fully saturated rings. The largest absolute Gasteiger partial charge is 0.503 e. The zero-order valence-electron chi connectivity index (χ0n) is 14.5. The number of nitrogens with zero attached hydrogens (tertiary/aromatic N) is 2. The zero-order valence-corrected chi connectivity index (χ0v) is 14.5. The lowest BCUT2D eigenvalue weighted by atomic mass is 10.1. The van der Waals surface area contributed by atoms with Crippen molar-refractivity contribution in [2.45, 2.75) is 0 Å². The number of ether oxygens (including phenoxy) is 3. The molecule has 0 saturated carbocycles. The minimum Gasteiger partial charge on any atom is -0.503 e. The van der Waals surface area contributed by atoms with E-state index in [4.69, 9.17) is 18.7 Å². The first kappa shape index (κ1) is 18.1. The van der Waals surface area contributed by atoms with Crippen molar-refractivity contribution in [3.63, 3.8) is 0 Å². The van der Waals surface area contributed by atoms with Gasteiger partial charge in [-0.25, -0.2) is 9.18 Å². The Labute approximate surface area is 154 Å². The molecule has 7 nitrogen and oxygen atoms in total. The van der Waals surface area contributed by atoms with E-state index < -0.39 is 11.8 Å². The maximum Gasteiger partial charge on any atom is 0.423 e. The molecule has 0 radical (unpaired) electrons. The molecule has 0 saturated heterocycles.